The SMILES string of the molecule is CCN(Cc1ccccn1)c1ccc(CCN)cn1. The molecule has 0 aliphatic carbocycles. The van der Waals surface area contributed by atoms with Gasteiger partial charge in [0.25, 0.3) is 0 Å². The predicted octanol–water partition coefficient (Wildman–Crippen LogP) is 2.00. The lowest BCUT2D eigenvalue weighted by molar-refractivity contribution is 0.792. The monoisotopic (exact) mass is 256 g/mol. The lowest BCUT2D eigenvalue weighted by Gasteiger charge is -2.21. The number of nitrogens with zero attached hydrogens (tertiary/aromatic N) is 3. The van der Waals surface area contributed by atoms with Crippen molar-refractivity contribution in [3.8, 4) is 0 Å². The van der Waals surface area contributed by atoms with Gasteiger partial charge in [-0.05, 0) is 43.7 Å². The van der Waals surface area contributed by atoms with Crippen LogP contribution >= 0.6 is 0 Å². The zero-order chi connectivity index (χ0) is 13.5. The molecule has 0 fully saturated rings. The highest BCUT2D eigenvalue weighted by Crippen LogP contribution is 2.14. The Bertz CT molecular complexity index is 481. The molecule has 2 aromatic rings. The molecule has 2 aromatic heterocycles. The topological polar surface area (TPSA) is 55.0 Å². The number of hydrogen-bond acceptors (Lipinski definition) is 4. The van der Waals surface area contributed by atoms with Gasteiger partial charge in [-0.25, -0.2) is 4.98 Å². The van der Waals surface area contributed by atoms with Crippen LogP contribution in [-0.4, -0.2) is 23.1 Å². The summed E-state index contributed by atoms with van der Waals surface area (Å²) in [4.78, 5) is 11.1. The van der Waals surface area contributed by atoms with E-state index in [1.54, 1.807) is 0 Å². The van der Waals surface area contributed by atoms with Crippen LogP contribution in [0.3, 0.4) is 0 Å². The Morgan fingerprint density at radius 1 is 1.16 bits per heavy atom. The van der Waals surface area contributed by atoms with Gasteiger partial charge in [0.15, 0.2) is 0 Å². The lowest BCUT2D eigenvalue weighted by atomic mass is 10.2. The molecule has 19 heavy (non-hydrogen) atoms. The highest BCUT2D eigenvalue weighted by Gasteiger charge is 2.07. The van der Waals surface area contributed by atoms with Crippen molar-refractivity contribution in [2.45, 2.75) is 19.9 Å². The first kappa shape index (κ1) is 13.5. The third kappa shape index (κ3) is 3.76. The summed E-state index contributed by atoms with van der Waals surface area (Å²) in [5.74, 6) is 0.980. The Balaban J connectivity index is 2.08. The first-order chi connectivity index (χ1) is 9.33. The van der Waals surface area contributed by atoms with Crippen molar-refractivity contribution < 1.29 is 0 Å². The third-order valence-electron chi connectivity index (χ3n) is 3.03. The lowest BCUT2D eigenvalue weighted by Crippen LogP contribution is -2.23. The quantitative estimate of drug-likeness (QED) is 0.859. The number of pyridine rings is 2. The molecule has 0 radical (unpaired) electrons. The second-order valence-corrected chi connectivity index (χ2v) is 4.40. The number of nitrogens with two attached hydrogens (primary N) is 1. The van der Waals surface area contributed by atoms with E-state index < -0.39 is 0 Å². The fraction of sp³-hybridized carbons (Fsp3) is 0.333. The van der Waals surface area contributed by atoms with Crippen LogP contribution in [0.4, 0.5) is 5.82 Å². The summed E-state index contributed by atoms with van der Waals surface area (Å²) in [6.45, 7) is 4.46. The maximum atomic E-state index is 5.54. The summed E-state index contributed by atoms with van der Waals surface area (Å²) in [7, 11) is 0. The number of rotatable bonds is 6. The van der Waals surface area contributed by atoms with Crippen LogP contribution in [0.2, 0.25) is 0 Å². The molecule has 4 heteroatoms. The minimum Gasteiger partial charge on any atom is -0.351 e. The first-order valence-corrected chi connectivity index (χ1v) is 6.63. The van der Waals surface area contributed by atoms with Gasteiger partial charge in [-0.15, -0.1) is 0 Å². The van der Waals surface area contributed by atoms with E-state index in [0.29, 0.717) is 6.54 Å². The summed E-state index contributed by atoms with van der Waals surface area (Å²) >= 11 is 0. The minimum absolute atomic E-state index is 0.659. The average molecular weight is 256 g/mol. The minimum atomic E-state index is 0.659. The molecule has 2 rings (SSSR count). The second-order valence-electron chi connectivity index (χ2n) is 4.40. The molecule has 4 nitrogen and oxygen atoms in total. The van der Waals surface area contributed by atoms with Crippen molar-refractivity contribution in [1.82, 2.24) is 9.97 Å². The summed E-state index contributed by atoms with van der Waals surface area (Å²) in [5, 5.41) is 0. The maximum Gasteiger partial charge on any atom is 0.128 e. The number of hydrogen-bond donors (Lipinski definition) is 1. The second kappa shape index (κ2) is 6.85. The third-order valence-corrected chi connectivity index (χ3v) is 3.03. The summed E-state index contributed by atoms with van der Waals surface area (Å²) in [6.07, 6.45) is 4.60. The molecular formula is C15H20N4. The fourth-order valence-electron chi connectivity index (χ4n) is 1.96. The van der Waals surface area contributed by atoms with Gasteiger partial charge in [-0.1, -0.05) is 12.1 Å². The smallest absolute Gasteiger partial charge is 0.128 e. The van der Waals surface area contributed by atoms with Gasteiger partial charge in [-0.2, -0.15) is 0 Å². The van der Waals surface area contributed by atoms with Gasteiger partial charge in [0.1, 0.15) is 5.82 Å². The molecule has 0 saturated carbocycles. The molecule has 0 bridgehead atoms. The summed E-state index contributed by atoms with van der Waals surface area (Å²) in [6, 6.07) is 10.1. The van der Waals surface area contributed by atoms with Crippen LogP contribution in [0.25, 0.3) is 0 Å². The molecule has 0 aliphatic rings. The Morgan fingerprint density at radius 3 is 2.63 bits per heavy atom. The molecule has 0 unspecified atom stereocenters. The van der Waals surface area contributed by atoms with E-state index in [-0.39, 0.29) is 0 Å². The largest absolute Gasteiger partial charge is 0.351 e. The van der Waals surface area contributed by atoms with E-state index in [9.17, 15) is 0 Å². The molecule has 0 spiro atoms. The zero-order valence-electron chi connectivity index (χ0n) is 11.3. The van der Waals surface area contributed by atoms with E-state index in [0.717, 1.165) is 31.0 Å². The van der Waals surface area contributed by atoms with Crippen molar-refractivity contribution in [3.63, 3.8) is 0 Å². The molecule has 2 N–H and O–H groups in total. The van der Waals surface area contributed by atoms with Gasteiger partial charge in [-0.3, -0.25) is 4.98 Å². The molecular weight excluding hydrogens is 236 g/mol. The van der Waals surface area contributed by atoms with Gasteiger partial charge in [0, 0.05) is 18.9 Å². The molecule has 0 aliphatic heterocycles. The zero-order valence-corrected chi connectivity index (χ0v) is 11.3. The maximum absolute atomic E-state index is 5.54. The standard InChI is InChI=1S/C15H20N4/c1-2-19(12-14-5-3-4-10-17-14)15-7-6-13(8-9-16)11-18-15/h3-7,10-11H,2,8-9,12,16H2,1H3. The highest BCUT2D eigenvalue weighted by atomic mass is 15.2. The summed E-state index contributed by atoms with van der Waals surface area (Å²) in [5.41, 5.74) is 7.77. The Morgan fingerprint density at radius 2 is 2.05 bits per heavy atom. The van der Waals surface area contributed by atoms with Crippen molar-refractivity contribution in [1.29, 1.82) is 0 Å². The van der Waals surface area contributed by atoms with E-state index in [1.165, 1.54) is 5.56 Å². The number of aromatic nitrogens is 2. The van der Waals surface area contributed by atoms with Crippen LogP contribution in [0.1, 0.15) is 18.2 Å². The first-order valence-electron chi connectivity index (χ1n) is 6.63. The fourth-order valence-corrected chi connectivity index (χ4v) is 1.96. The van der Waals surface area contributed by atoms with Crippen molar-refractivity contribution in [2.75, 3.05) is 18.0 Å². The van der Waals surface area contributed by atoms with Crippen LogP contribution in [-0.2, 0) is 13.0 Å². The van der Waals surface area contributed by atoms with Crippen LogP contribution in [0, 0.1) is 0 Å². The van der Waals surface area contributed by atoms with E-state index in [2.05, 4.69) is 33.9 Å². The average Bonchev–Trinajstić information content (AvgIpc) is 2.47. The highest BCUT2D eigenvalue weighted by molar-refractivity contribution is 5.39. The van der Waals surface area contributed by atoms with Crippen molar-refractivity contribution >= 4 is 5.82 Å². The van der Waals surface area contributed by atoms with E-state index >= 15 is 0 Å². The summed E-state index contributed by atoms with van der Waals surface area (Å²) < 4.78 is 0. The van der Waals surface area contributed by atoms with Gasteiger partial charge >= 0.3 is 0 Å². The van der Waals surface area contributed by atoms with E-state index in [4.69, 9.17) is 5.73 Å². The van der Waals surface area contributed by atoms with Gasteiger partial charge in [0.2, 0.25) is 0 Å². The van der Waals surface area contributed by atoms with E-state index in [1.807, 2.05) is 30.6 Å². The van der Waals surface area contributed by atoms with Crippen LogP contribution < -0.4 is 10.6 Å². The predicted molar refractivity (Wildman–Crippen MR) is 78.0 cm³/mol. The molecule has 0 aromatic carbocycles. The molecule has 2 heterocycles. The Hall–Kier alpha value is -1.94. The normalized spacial score (nSPS) is 10.4. The van der Waals surface area contributed by atoms with Crippen LogP contribution in [0.15, 0.2) is 42.7 Å². The van der Waals surface area contributed by atoms with Gasteiger partial charge in [0.05, 0.1) is 12.2 Å². The molecule has 0 saturated heterocycles. The van der Waals surface area contributed by atoms with Crippen LogP contribution in [0.5, 0.6) is 0 Å². The molecule has 100 valence electrons. The Labute approximate surface area is 114 Å². The molecule has 0 amide bonds. The van der Waals surface area contributed by atoms with Gasteiger partial charge < -0.3 is 10.6 Å². The van der Waals surface area contributed by atoms with Crippen molar-refractivity contribution in [3.05, 3.63) is 54.0 Å². The molecule has 0 atom stereocenters. The number of anilines is 1. The van der Waals surface area contributed by atoms with Crippen molar-refractivity contribution in [2.24, 2.45) is 5.73 Å². The Kier molecular flexibility index (Phi) is 4.86.